The van der Waals surface area contributed by atoms with Gasteiger partial charge >= 0.3 is 5.97 Å². The summed E-state index contributed by atoms with van der Waals surface area (Å²) in [7, 11) is 0. The number of carbonyl (C=O) groups excluding carboxylic acids is 2. The van der Waals surface area contributed by atoms with Crippen LogP contribution in [0.2, 0.25) is 0 Å². The van der Waals surface area contributed by atoms with Gasteiger partial charge in [0.25, 0.3) is 5.91 Å². The molecule has 1 atom stereocenters. The van der Waals surface area contributed by atoms with Crippen molar-refractivity contribution in [3.05, 3.63) is 71.3 Å². The number of carbonyl (C=O) groups is 2. The summed E-state index contributed by atoms with van der Waals surface area (Å²) < 4.78 is 32.4. The fraction of sp³-hybridized carbons (Fsp3) is 0.333. The highest BCUT2D eigenvalue weighted by molar-refractivity contribution is 5.92. The number of ether oxygens (including phenoxy) is 1. The Morgan fingerprint density at radius 1 is 0.964 bits per heavy atom. The van der Waals surface area contributed by atoms with E-state index in [1.54, 1.807) is 4.90 Å². The molecule has 0 spiro atoms. The molecule has 7 heteroatoms. The first-order valence-corrected chi connectivity index (χ1v) is 9.16. The summed E-state index contributed by atoms with van der Waals surface area (Å²) in [6.45, 7) is 4.62. The van der Waals surface area contributed by atoms with Crippen LogP contribution in [0.1, 0.15) is 22.8 Å². The molecule has 28 heavy (non-hydrogen) atoms. The van der Waals surface area contributed by atoms with Crippen molar-refractivity contribution in [2.75, 3.05) is 26.2 Å². The van der Waals surface area contributed by atoms with Crippen LogP contribution in [0, 0.1) is 11.6 Å². The predicted octanol–water partition coefficient (Wildman–Crippen LogP) is 2.85. The van der Waals surface area contributed by atoms with Crippen LogP contribution in [-0.2, 0) is 16.1 Å². The molecule has 0 radical (unpaired) electrons. The maximum absolute atomic E-state index is 13.7. The standard InChI is InChI=1S/C21H22F2N2O3/c1-15(28-21(27)19-17(22)8-5-9-18(19)23)20(26)25-12-10-24(11-13-25)14-16-6-3-2-4-7-16/h2-9,15H,10-14H2,1H3. The Labute approximate surface area is 162 Å². The number of amides is 1. The second-order valence-electron chi connectivity index (χ2n) is 6.73. The van der Waals surface area contributed by atoms with Gasteiger partial charge in [0.15, 0.2) is 6.10 Å². The molecule has 1 unspecified atom stereocenters. The lowest BCUT2D eigenvalue weighted by atomic mass is 10.2. The third-order valence-electron chi connectivity index (χ3n) is 4.73. The summed E-state index contributed by atoms with van der Waals surface area (Å²) in [5.41, 5.74) is 0.423. The van der Waals surface area contributed by atoms with Crippen LogP contribution in [0.3, 0.4) is 0 Å². The van der Waals surface area contributed by atoms with Gasteiger partial charge in [-0.3, -0.25) is 9.69 Å². The van der Waals surface area contributed by atoms with Crippen molar-refractivity contribution in [1.29, 1.82) is 0 Å². The maximum Gasteiger partial charge on any atom is 0.344 e. The molecule has 3 rings (SSSR count). The lowest BCUT2D eigenvalue weighted by Crippen LogP contribution is -2.51. The molecule has 0 aromatic heterocycles. The monoisotopic (exact) mass is 388 g/mol. The second kappa shape index (κ2) is 8.93. The molecule has 2 aromatic carbocycles. The van der Waals surface area contributed by atoms with Crippen molar-refractivity contribution in [3.63, 3.8) is 0 Å². The lowest BCUT2D eigenvalue weighted by molar-refractivity contribution is -0.141. The normalized spacial score (nSPS) is 15.9. The van der Waals surface area contributed by atoms with Gasteiger partial charge < -0.3 is 9.64 Å². The number of nitrogens with zero attached hydrogens (tertiary/aromatic N) is 2. The Bertz CT molecular complexity index is 817. The van der Waals surface area contributed by atoms with Gasteiger partial charge in [0.1, 0.15) is 17.2 Å². The lowest BCUT2D eigenvalue weighted by Gasteiger charge is -2.35. The SMILES string of the molecule is CC(OC(=O)c1c(F)cccc1F)C(=O)N1CCN(Cc2ccccc2)CC1. The molecular weight excluding hydrogens is 366 g/mol. The number of esters is 1. The molecule has 1 saturated heterocycles. The van der Waals surface area contributed by atoms with Crippen LogP contribution in [0.25, 0.3) is 0 Å². The molecule has 1 amide bonds. The Morgan fingerprint density at radius 2 is 1.57 bits per heavy atom. The quantitative estimate of drug-likeness (QED) is 0.739. The van der Waals surface area contributed by atoms with Crippen LogP contribution < -0.4 is 0 Å². The average Bonchev–Trinajstić information content (AvgIpc) is 2.68. The van der Waals surface area contributed by atoms with E-state index in [0.29, 0.717) is 26.2 Å². The maximum atomic E-state index is 13.7. The third kappa shape index (κ3) is 4.72. The van der Waals surface area contributed by atoms with Crippen molar-refractivity contribution in [2.45, 2.75) is 19.6 Å². The van der Waals surface area contributed by atoms with E-state index in [9.17, 15) is 18.4 Å². The molecule has 1 heterocycles. The largest absolute Gasteiger partial charge is 0.449 e. The Morgan fingerprint density at radius 3 is 2.18 bits per heavy atom. The minimum absolute atomic E-state index is 0.371. The topological polar surface area (TPSA) is 49.9 Å². The summed E-state index contributed by atoms with van der Waals surface area (Å²) in [6, 6.07) is 13.2. The number of rotatable bonds is 5. The molecule has 0 bridgehead atoms. The van der Waals surface area contributed by atoms with E-state index < -0.39 is 29.3 Å². The van der Waals surface area contributed by atoms with Crippen molar-refractivity contribution in [1.82, 2.24) is 9.80 Å². The van der Waals surface area contributed by atoms with Crippen LogP contribution in [0.4, 0.5) is 8.78 Å². The number of hydrogen-bond acceptors (Lipinski definition) is 4. The van der Waals surface area contributed by atoms with Gasteiger partial charge in [0.05, 0.1) is 0 Å². The molecule has 5 nitrogen and oxygen atoms in total. The van der Waals surface area contributed by atoms with E-state index >= 15 is 0 Å². The van der Waals surface area contributed by atoms with Gasteiger partial charge in [-0.2, -0.15) is 0 Å². The number of benzene rings is 2. The zero-order chi connectivity index (χ0) is 20.1. The zero-order valence-electron chi connectivity index (χ0n) is 15.6. The molecule has 0 N–H and O–H groups in total. The Balaban J connectivity index is 1.52. The number of hydrogen-bond donors (Lipinski definition) is 0. The highest BCUT2D eigenvalue weighted by atomic mass is 19.1. The fourth-order valence-electron chi connectivity index (χ4n) is 3.19. The third-order valence-corrected chi connectivity index (χ3v) is 4.73. The van der Waals surface area contributed by atoms with Gasteiger partial charge in [0, 0.05) is 32.7 Å². The summed E-state index contributed by atoms with van der Waals surface area (Å²) in [5, 5.41) is 0. The minimum Gasteiger partial charge on any atom is -0.449 e. The minimum atomic E-state index is -1.18. The molecular formula is C21H22F2N2O3. The Hall–Kier alpha value is -2.80. The molecule has 1 fully saturated rings. The fourth-order valence-corrected chi connectivity index (χ4v) is 3.19. The number of halogens is 2. The smallest absolute Gasteiger partial charge is 0.344 e. The van der Waals surface area contributed by atoms with Crippen molar-refractivity contribution >= 4 is 11.9 Å². The summed E-state index contributed by atoms with van der Waals surface area (Å²) in [4.78, 5) is 28.4. The summed E-state index contributed by atoms with van der Waals surface area (Å²) in [6.07, 6.45) is -1.12. The van der Waals surface area contributed by atoms with Gasteiger partial charge in [0.2, 0.25) is 0 Å². The average molecular weight is 388 g/mol. The molecule has 1 aliphatic rings. The summed E-state index contributed by atoms with van der Waals surface area (Å²) >= 11 is 0. The molecule has 0 aliphatic carbocycles. The molecule has 1 aliphatic heterocycles. The van der Waals surface area contributed by atoms with Crippen LogP contribution in [0.5, 0.6) is 0 Å². The first-order chi connectivity index (χ1) is 13.5. The first-order valence-electron chi connectivity index (χ1n) is 9.16. The van der Waals surface area contributed by atoms with E-state index in [2.05, 4.69) is 17.0 Å². The van der Waals surface area contributed by atoms with E-state index in [-0.39, 0.29) is 5.91 Å². The van der Waals surface area contributed by atoms with Crippen LogP contribution in [0.15, 0.2) is 48.5 Å². The second-order valence-corrected chi connectivity index (χ2v) is 6.73. The van der Waals surface area contributed by atoms with Crippen molar-refractivity contribution < 1.29 is 23.1 Å². The number of piperazine rings is 1. The molecule has 148 valence electrons. The van der Waals surface area contributed by atoms with E-state index in [0.717, 1.165) is 24.7 Å². The van der Waals surface area contributed by atoms with Crippen LogP contribution >= 0.6 is 0 Å². The zero-order valence-corrected chi connectivity index (χ0v) is 15.6. The predicted molar refractivity (Wildman–Crippen MR) is 99.5 cm³/mol. The van der Waals surface area contributed by atoms with Gasteiger partial charge in [-0.1, -0.05) is 36.4 Å². The molecule has 0 saturated carbocycles. The highest BCUT2D eigenvalue weighted by Gasteiger charge is 2.29. The van der Waals surface area contributed by atoms with Crippen molar-refractivity contribution in [3.8, 4) is 0 Å². The molecule has 2 aromatic rings. The van der Waals surface area contributed by atoms with E-state index in [1.165, 1.54) is 12.5 Å². The van der Waals surface area contributed by atoms with Gasteiger partial charge in [-0.15, -0.1) is 0 Å². The summed E-state index contributed by atoms with van der Waals surface area (Å²) in [5.74, 6) is -3.58. The van der Waals surface area contributed by atoms with Gasteiger partial charge in [-0.05, 0) is 24.6 Å². The van der Waals surface area contributed by atoms with E-state index in [4.69, 9.17) is 4.74 Å². The Kier molecular flexibility index (Phi) is 6.36. The van der Waals surface area contributed by atoms with Crippen LogP contribution in [-0.4, -0.2) is 54.0 Å². The first kappa shape index (κ1) is 19.9. The van der Waals surface area contributed by atoms with Gasteiger partial charge in [-0.25, -0.2) is 13.6 Å². The van der Waals surface area contributed by atoms with Crippen molar-refractivity contribution in [2.24, 2.45) is 0 Å². The highest BCUT2D eigenvalue weighted by Crippen LogP contribution is 2.16. The van der Waals surface area contributed by atoms with E-state index in [1.807, 2.05) is 18.2 Å².